The van der Waals surface area contributed by atoms with Crippen LogP contribution in [0.25, 0.3) is 0 Å². The van der Waals surface area contributed by atoms with Crippen LogP contribution in [0.5, 0.6) is 0 Å². The van der Waals surface area contributed by atoms with Gasteiger partial charge in [-0.3, -0.25) is 0 Å². The molecular weight excluding hydrogens is 172 g/mol. The molecule has 0 heterocycles. The first-order chi connectivity index (χ1) is 6.50. The van der Waals surface area contributed by atoms with Gasteiger partial charge in [0.2, 0.25) is 0 Å². The normalized spacial score (nSPS) is 43.9. The van der Waals surface area contributed by atoms with Crippen LogP contribution in [-0.4, -0.2) is 12.6 Å². The predicted molar refractivity (Wildman–Crippen MR) is 56.6 cm³/mol. The summed E-state index contributed by atoms with van der Waals surface area (Å²) >= 11 is 0. The molecule has 0 aromatic heterocycles. The van der Waals surface area contributed by atoms with Gasteiger partial charge in [0.15, 0.2) is 0 Å². The molecule has 0 aliphatic heterocycles. The van der Waals surface area contributed by atoms with Crippen molar-refractivity contribution in [2.45, 2.75) is 46.1 Å². The second-order valence-corrected chi connectivity index (χ2v) is 5.89. The average molecular weight is 192 g/mol. The van der Waals surface area contributed by atoms with Crippen molar-refractivity contribution in [3.8, 4) is 6.07 Å². The molecule has 0 aromatic carbocycles. The second-order valence-electron chi connectivity index (χ2n) is 5.89. The van der Waals surface area contributed by atoms with E-state index in [-0.39, 0.29) is 0 Å². The van der Waals surface area contributed by atoms with Crippen molar-refractivity contribution < 1.29 is 0 Å². The maximum atomic E-state index is 8.64. The lowest BCUT2D eigenvalue weighted by atomic mass is 9.68. The summed E-state index contributed by atoms with van der Waals surface area (Å²) in [4.78, 5) is 0. The Kier molecular flexibility index (Phi) is 2.12. The standard InChI is InChI=1S/C12H20N2/c1-11(2)9-4-5-12(3,8-9)10(11)14-7-6-13/h9-10,14H,4-5,7-8H2,1-3H3. The summed E-state index contributed by atoms with van der Waals surface area (Å²) in [7, 11) is 0. The van der Waals surface area contributed by atoms with E-state index in [0.717, 1.165) is 5.92 Å². The zero-order valence-corrected chi connectivity index (χ0v) is 9.43. The van der Waals surface area contributed by atoms with Gasteiger partial charge in [-0.25, -0.2) is 0 Å². The molecular formula is C12H20N2. The second kappa shape index (κ2) is 2.97. The molecule has 2 aliphatic rings. The van der Waals surface area contributed by atoms with E-state index >= 15 is 0 Å². The molecule has 78 valence electrons. The van der Waals surface area contributed by atoms with Gasteiger partial charge in [-0.1, -0.05) is 20.8 Å². The molecule has 2 aliphatic carbocycles. The van der Waals surface area contributed by atoms with Gasteiger partial charge < -0.3 is 5.32 Å². The highest BCUT2D eigenvalue weighted by Crippen LogP contribution is 2.62. The van der Waals surface area contributed by atoms with Crippen LogP contribution in [0.3, 0.4) is 0 Å². The van der Waals surface area contributed by atoms with E-state index in [1.807, 2.05) is 0 Å². The molecule has 3 unspecified atom stereocenters. The SMILES string of the molecule is CC12CCC(C1)C(C)(C)C2NCC#N. The van der Waals surface area contributed by atoms with Crippen LogP contribution in [-0.2, 0) is 0 Å². The summed E-state index contributed by atoms with van der Waals surface area (Å²) in [5.41, 5.74) is 0.828. The Morgan fingerprint density at radius 2 is 2.14 bits per heavy atom. The molecule has 0 saturated heterocycles. The number of nitrogens with zero attached hydrogens (tertiary/aromatic N) is 1. The fourth-order valence-electron chi connectivity index (χ4n) is 3.96. The number of nitriles is 1. The van der Waals surface area contributed by atoms with Crippen molar-refractivity contribution in [1.82, 2.24) is 5.32 Å². The van der Waals surface area contributed by atoms with E-state index in [1.165, 1.54) is 19.3 Å². The van der Waals surface area contributed by atoms with Crippen LogP contribution >= 0.6 is 0 Å². The van der Waals surface area contributed by atoms with Gasteiger partial charge in [-0.05, 0) is 36.0 Å². The maximum Gasteiger partial charge on any atom is 0.0843 e. The molecule has 2 fully saturated rings. The number of nitrogens with one attached hydrogen (secondary N) is 1. The highest BCUT2D eigenvalue weighted by molar-refractivity contribution is 5.12. The first-order valence-electron chi connectivity index (χ1n) is 5.61. The number of hydrogen-bond acceptors (Lipinski definition) is 2. The maximum absolute atomic E-state index is 8.64. The molecule has 2 nitrogen and oxygen atoms in total. The van der Waals surface area contributed by atoms with Crippen LogP contribution in [0.15, 0.2) is 0 Å². The minimum absolute atomic E-state index is 0.379. The van der Waals surface area contributed by atoms with Crippen LogP contribution in [0.4, 0.5) is 0 Å². The summed E-state index contributed by atoms with van der Waals surface area (Å²) in [6.45, 7) is 7.60. The molecule has 2 bridgehead atoms. The highest BCUT2D eigenvalue weighted by atomic mass is 15.0. The van der Waals surface area contributed by atoms with Crippen molar-refractivity contribution in [2.24, 2.45) is 16.7 Å². The quantitative estimate of drug-likeness (QED) is 0.681. The summed E-state index contributed by atoms with van der Waals surface area (Å²) in [6.07, 6.45) is 4.07. The molecule has 2 saturated carbocycles. The third-order valence-corrected chi connectivity index (χ3v) is 4.66. The Bertz CT molecular complexity index is 272. The molecule has 2 heteroatoms. The van der Waals surface area contributed by atoms with Crippen molar-refractivity contribution in [3.63, 3.8) is 0 Å². The Morgan fingerprint density at radius 3 is 2.64 bits per heavy atom. The van der Waals surface area contributed by atoms with Gasteiger partial charge >= 0.3 is 0 Å². The first kappa shape index (κ1) is 9.98. The van der Waals surface area contributed by atoms with Crippen LogP contribution in [0, 0.1) is 28.1 Å². The summed E-state index contributed by atoms with van der Waals surface area (Å²) in [6, 6.07) is 2.73. The minimum Gasteiger partial charge on any atom is -0.301 e. The first-order valence-corrected chi connectivity index (χ1v) is 5.61. The Hall–Kier alpha value is -0.550. The highest BCUT2D eigenvalue weighted by Gasteiger charge is 2.58. The molecule has 2 rings (SSSR count). The van der Waals surface area contributed by atoms with Gasteiger partial charge in [-0.15, -0.1) is 0 Å². The van der Waals surface area contributed by atoms with Crippen molar-refractivity contribution in [1.29, 1.82) is 5.26 Å². The number of hydrogen-bond donors (Lipinski definition) is 1. The third kappa shape index (κ3) is 1.19. The van der Waals surface area contributed by atoms with Crippen molar-refractivity contribution in [2.75, 3.05) is 6.54 Å². The minimum atomic E-state index is 0.379. The van der Waals surface area contributed by atoms with Gasteiger partial charge in [0.1, 0.15) is 0 Å². The van der Waals surface area contributed by atoms with E-state index in [0.29, 0.717) is 23.4 Å². The van der Waals surface area contributed by atoms with Gasteiger partial charge in [-0.2, -0.15) is 5.26 Å². The van der Waals surface area contributed by atoms with Gasteiger partial charge in [0.05, 0.1) is 12.6 Å². The number of rotatable bonds is 2. The summed E-state index contributed by atoms with van der Waals surface area (Å²) in [5, 5.41) is 12.1. The van der Waals surface area contributed by atoms with E-state index in [2.05, 4.69) is 32.2 Å². The monoisotopic (exact) mass is 192 g/mol. The van der Waals surface area contributed by atoms with E-state index in [1.54, 1.807) is 0 Å². The summed E-state index contributed by atoms with van der Waals surface area (Å²) in [5.74, 6) is 0.865. The van der Waals surface area contributed by atoms with Crippen molar-refractivity contribution in [3.05, 3.63) is 0 Å². The smallest absolute Gasteiger partial charge is 0.0843 e. The zero-order chi connectivity index (χ0) is 10.4. The van der Waals surface area contributed by atoms with Gasteiger partial charge in [0, 0.05) is 6.04 Å². The molecule has 3 atom stereocenters. The van der Waals surface area contributed by atoms with Crippen LogP contribution < -0.4 is 5.32 Å². The van der Waals surface area contributed by atoms with Crippen LogP contribution in [0.2, 0.25) is 0 Å². The molecule has 14 heavy (non-hydrogen) atoms. The topological polar surface area (TPSA) is 35.8 Å². The fraction of sp³-hybridized carbons (Fsp3) is 0.917. The molecule has 0 amide bonds. The molecule has 0 spiro atoms. The lowest BCUT2D eigenvalue weighted by molar-refractivity contribution is 0.113. The molecule has 0 aromatic rings. The van der Waals surface area contributed by atoms with E-state index < -0.39 is 0 Å². The van der Waals surface area contributed by atoms with Crippen molar-refractivity contribution >= 4 is 0 Å². The number of fused-ring (bicyclic) bond motifs is 2. The zero-order valence-electron chi connectivity index (χ0n) is 9.43. The third-order valence-electron chi connectivity index (χ3n) is 4.66. The Balaban J connectivity index is 2.18. The van der Waals surface area contributed by atoms with E-state index in [4.69, 9.17) is 5.26 Å². The Morgan fingerprint density at radius 1 is 1.43 bits per heavy atom. The summed E-state index contributed by atoms with van der Waals surface area (Å²) < 4.78 is 0. The molecule has 0 radical (unpaired) electrons. The molecule has 1 N–H and O–H groups in total. The lowest BCUT2D eigenvalue weighted by Crippen LogP contribution is -2.50. The van der Waals surface area contributed by atoms with E-state index in [9.17, 15) is 0 Å². The lowest BCUT2D eigenvalue weighted by Gasteiger charge is -2.42. The average Bonchev–Trinajstić information content (AvgIpc) is 2.55. The fourth-order valence-corrected chi connectivity index (χ4v) is 3.96. The Labute approximate surface area is 86.7 Å². The predicted octanol–water partition coefficient (Wildman–Crippen LogP) is 2.31. The van der Waals surface area contributed by atoms with Gasteiger partial charge in [0.25, 0.3) is 0 Å². The largest absolute Gasteiger partial charge is 0.301 e. The van der Waals surface area contributed by atoms with Crippen LogP contribution in [0.1, 0.15) is 40.0 Å².